The van der Waals surface area contributed by atoms with Gasteiger partial charge in [0.1, 0.15) is 53.7 Å². The first-order valence-electron chi connectivity index (χ1n) is 29.4. The lowest BCUT2D eigenvalue weighted by Gasteiger charge is -2.39. The number of aromatic nitrogens is 6. The highest BCUT2D eigenvalue weighted by atomic mass is 32.1. The molecule has 4 aliphatic rings. The van der Waals surface area contributed by atoms with Crippen LogP contribution >= 0.6 is 27.0 Å². The van der Waals surface area contributed by atoms with Crippen LogP contribution in [0, 0.1) is 0 Å². The van der Waals surface area contributed by atoms with Gasteiger partial charge in [-0.1, -0.05) is 61.1 Å². The number of likely N-dealkylation sites (tertiary alicyclic amines) is 2. The molecule has 8 heterocycles. The second kappa shape index (κ2) is 35.4. The van der Waals surface area contributed by atoms with Gasteiger partial charge in [-0.05, 0) is 59.4 Å². The van der Waals surface area contributed by atoms with Gasteiger partial charge >= 0.3 is 5.97 Å². The predicted octanol–water partition coefficient (Wildman–Crippen LogP) is 4.74. The lowest BCUT2D eigenvalue weighted by atomic mass is 9.95. The molecule has 0 radical (unpaired) electrons. The number of rotatable bonds is 19. The van der Waals surface area contributed by atoms with Crippen LogP contribution < -0.4 is 31.2 Å². The Morgan fingerprint density at radius 3 is 1.47 bits per heavy atom. The fourth-order valence-corrected chi connectivity index (χ4v) is 9.75. The van der Waals surface area contributed by atoms with Crippen LogP contribution in [0.3, 0.4) is 0 Å². The minimum absolute atomic E-state index is 0. The smallest absolute Gasteiger partial charge is 0.356 e. The number of nitrogens with two attached hydrogens (primary N) is 1. The van der Waals surface area contributed by atoms with Crippen LogP contribution in [-0.2, 0) is 64.3 Å². The predicted molar refractivity (Wildman–Crippen MR) is 354 cm³/mol. The maximum absolute atomic E-state index is 13.1. The summed E-state index contributed by atoms with van der Waals surface area (Å²) >= 11 is 0. The molecule has 2 aromatic carbocycles. The van der Waals surface area contributed by atoms with Crippen molar-refractivity contribution in [2.75, 3.05) is 90.3 Å². The van der Waals surface area contributed by atoms with E-state index in [4.69, 9.17) is 33.9 Å². The van der Waals surface area contributed by atoms with E-state index >= 15 is 0 Å². The quantitative estimate of drug-likeness (QED) is 0.0539. The van der Waals surface area contributed by atoms with E-state index in [-0.39, 0.29) is 93.0 Å². The van der Waals surface area contributed by atoms with Crippen LogP contribution in [0.15, 0.2) is 82.5 Å². The number of nitrogens with one attached hydrogen (secondary N) is 3. The minimum Gasteiger partial charge on any atom is -0.486 e. The summed E-state index contributed by atoms with van der Waals surface area (Å²) in [6.07, 6.45) is 6.66. The van der Waals surface area contributed by atoms with Gasteiger partial charge in [0.15, 0.2) is 30.0 Å². The van der Waals surface area contributed by atoms with Gasteiger partial charge in [0.25, 0.3) is 5.91 Å². The Kier molecular flexibility index (Phi) is 29.6. The van der Waals surface area contributed by atoms with Crippen molar-refractivity contribution in [2.45, 2.75) is 137 Å². The van der Waals surface area contributed by atoms with Crippen LogP contribution in [0.1, 0.15) is 129 Å². The first-order valence-corrected chi connectivity index (χ1v) is 29.4. The molecular weight excluding hydrogens is 1210 g/mol. The topological polar surface area (TPSA) is 335 Å². The molecule has 4 aromatic heterocycles. The zero-order valence-electron chi connectivity index (χ0n) is 53.1. The Bertz CT molecular complexity index is 3250. The number of fused-ring (bicyclic) bond motifs is 2. The number of benzene rings is 2. The van der Waals surface area contributed by atoms with Crippen molar-refractivity contribution in [1.29, 1.82) is 0 Å². The number of aliphatic hydroxyl groups is 3. The molecule has 4 aliphatic heterocycles. The van der Waals surface area contributed by atoms with E-state index in [0.717, 1.165) is 51.1 Å². The Morgan fingerprint density at radius 2 is 1.08 bits per heavy atom. The number of oxazole rings is 2. The number of hydrogen-bond donors (Lipinski definition) is 7. The minimum atomic E-state index is -0.742. The van der Waals surface area contributed by atoms with Crippen molar-refractivity contribution in [3.63, 3.8) is 0 Å². The normalized spacial score (nSPS) is 15.2. The van der Waals surface area contributed by atoms with Gasteiger partial charge in [0, 0.05) is 122 Å². The van der Waals surface area contributed by atoms with E-state index in [2.05, 4.69) is 79.9 Å². The van der Waals surface area contributed by atoms with Crippen molar-refractivity contribution in [3.05, 3.63) is 131 Å². The van der Waals surface area contributed by atoms with E-state index < -0.39 is 18.2 Å². The average molecular weight is 1300 g/mol. The van der Waals surface area contributed by atoms with Crippen LogP contribution in [0.4, 0.5) is 11.6 Å². The van der Waals surface area contributed by atoms with Gasteiger partial charge in [-0.2, -0.15) is 27.0 Å². The molecule has 0 unspecified atom stereocenters. The zero-order valence-corrected chi connectivity index (χ0v) is 55.1. The van der Waals surface area contributed by atoms with Crippen LogP contribution in [-0.4, -0.2) is 192 Å². The Labute approximate surface area is 547 Å². The van der Waals surface area contributed by atoms with Crippen molar-refractivity contribution < 1.29 is 57.5 Å². The average Bonchev–Trinajstić information content (AvgIpc) is 1.53. The van der Waals surface area contributed by atoms with Crippen molar-refractivity contribution in [3.8, 4) is 11.5 Å². The van der Waals surface area contributed by atoms with Crippen molar-refractivity contribution >= 4 is 62.3 Å². The summed E-state index contributed by atoms with van der Waals surface area (Å²) in [5, 5.41) is 36.8. The standard InChI is InChI=1S/C30H39N7O5.C16H21N3O3.C15H22N4O3.CH4O.CH4.2H2S/c1-19(38)37-14-22(15-37)33-27-10-26(34-29(35-27)30(2,3)4)28(40)32-11-23(39)16-36-8-7-20-9-24(6-5-21(20)13-36)41-17-25-12-31-18-42-25;17-6-14(20)9-19-4-3-12-5-15(2-1-13(12)8-19)21-10-16-7-18-11-22-16;1-9(20)19-7-10(8-19)16-12-6-11(13(21)22-5)17-14(18-12)15(2,3)4;1-2;;;/h5-6,9-10,12,18,22-23,39H,7-8,11,13-17H2,1-4H3,(H,32,40)(H,33,34,35);1-2,5,7,11,14,20H,3-4,6,8-10,17H2;6,10H,7-8H2,1-5H3,(H,16,17,18);2H,1H3;1H4;2*1H2/t23-;14-;;;;;/m00...../s1. The Morgan fingerprint density at radius 1 is 0.648 bits per heavy atom. The molecular formula is C63H94N14O12S2. The number of aliphatic hydroxyl groups excluding tert-OH is 3. The number of carbonyl (C=O) groups is 4. The summed E-state index contributed by atoms with van der Waals surface area (Å²) < 4.78 is 26.7. The number of amides is 3. The van der Waals surface area contributed by atoms with E-state index in [1.165, 1.54) is 42.2 Å². The number of hydrogen-bond acceptors (Lipinski definition) is 23. The summed E-state index contributed by atoms with van der Waals surface area (Å²) in [5.41, 5.74) is 10.3. The van der Waals surface area contributed by atoms with Gasteiger partial charge in [0.05, 0.1) is 43.8 Å². The molecule has 26 nitrogen and oxygen atoms in total. The maximum atomic E-state index is 13.1. The zero-order chi connectivity index (χ0) is 63.7. The van der Waals surface area contributed by atoms with E-state index in [1.54, 1.807) is 48.2 Å². The summed E-state index contributed by atoms with van der Waals surface area (Å²) in [7, 11) is 2.32. The third-order valence-electron chi connectivity index (χ3n) is 14.8. The monoisotopic (exact) mass is 1300 g/mol. The number of nitrogens with zero attached hydrogens (tertiary/aromatic N) is 10. The molecule has 0 bridgehead atoms. The highest BCUT2D eigenvalue weighted by Crippen LogP contribution is 2.28. The molecule has 28 heteroatoms. The van der Waals surface area contributed by atoms with Gasteiger partial charge in [-0.3, -0.25) is 24.2 Å². The maximum Gasteiger partial charge on any atom is 0.356 e. The highest BCUT2D eigenvalue weighted by molar-refractivity contribution is 7.59. The number of methoxy groups -OCH3 is 1. The molecule has 500 valence electrons. The van der Waals surface area contributed by atoms with E-state index in [0.29, 0.717) is 100 Å². The molecule has 2 saturated heterocycles. The van der Waals surface area contributed by atoms with E-state index in [1.807, 2.05) is 53.7 Å². The fraction of sp³-hybridized carbons (Fsp3) is 0.524. The van der Waals surface area contributed by atoms with Crippen LogP contribution in [0.2, 0.25) is 0 Å². The molecule has 2 atom stereocenters. The molecule has 8 N–H and O–H groups in total. The lowest BCUT2D eigenvalue weighted by Crippen LogP contribution is -2.56. The van der Waals surface area contributed by atoms with Gasteiger partial charge in [-0.25, -0.2) is 34.7 Å². The molecule has 0 aliphatic carbocycles. The van der Waals surface area contributed by atoms with Gasteiger partial charge in [0.2, 0.25) is 11.8 Å². The Balaban J connectivity index is 0.000000307. The molecule has 6 aromatic rings. The third kappa shape index (κ3) is 22.7. The molecule has 3 amide bonds. The second-order valence-corrected chi connectivity index (χ2v) is 24.0. The molecule has 0 spiro atoms. The summed E-state index contributed by atoms with van der Waals surface area (Å²) in [5.74, 6) is 4.47. The number of anilines is 2. The largest absolute Gasteiger partial charge is 0.486 e. The summed E-state index contributed by atoms with van der Waals surface area (Å²) in [6.45, 7) is 22.9. The van der Waals surface area contributed by atoms with Crippen molar-refractivity contribution in [1.82, 2.24) is 54.8 Å². The molecule has 10 rings (SSSR count). The lowest BCUT2D eigenvalue weighted by molar-refractivity contribution is -0.133. The van der Waals surface area contributed by atoms with Crippen LogP contribution in [0.25, 0.3) is 0 Å². The van der Waals surface area contributed by atoms with Gasteiger partial charge < -0.3 is 69.8 Å². The van der Waals surface area contributed by atoms with E-state index in [9.17, 15) is 29.4 Å². The number of ether oxygens (including phenoxy) is 3. The van der Waals surface area contributed by atoms with Crippen LogP contribution in [0.5, 0.6) is 11.5 Å². The second-order valence-electron chi connectivity index (χ2n) is 24.0. The fourth-order valence-electron chi connectivity index (χ4n) is 9.75. The van der Waals surface area contributed by atoms with Gasteiger partial charge in [-0.15, -0.1) is 0 Å². The summed E-state index contributed by atoms with van der Waals surface area (Å²) in [6, 6.07) is 15.6. The number of carbonyl (C=O) groups excluding carboxylic acids is 4. The Hall–Kier alpha value is -7.44. The SMILES string of the molecule is C.CC(=O)N1CC(Nc2cc(C(=O)NC[C@H](O)CN3CCc4cc(OCc5cnco5)ccc4C3)nc(C(C)(C)C)n2)C1.CO.COC(=O)c1cc(NC2CN(C(C)=O)C2)nc(C(C)(C)C)n1.NC[C@H](O)CN1CCc2cc(OCc3cnco3)ccc2C1.S.S. The molecule has 91 heavy (non-hydrogen) atoms. The van der Waals surface area contributed by atoms with Crippen molar-refractivity contribution in [2.24, 2.45) is 5.73 Å². The first kappa shape index (κ1) is 76.0. The number of β-amino-alcohol motifs (C(OH)–C–C–N with tert-alkyl or cyclic N) is 2. The third-order valence-corrected chi connectivity index (χ3v) is 14.8. The number of esters is 1. The molecule has 2 fully saturated rings. The first-order chi connectivity index (χ1) is 42.0. The summed E-state index contributed by atoms with van der Waals surface area (Å²) in [4.78, 5) is 81.1. The highest BCUT2D eigenvalue weighted by Gasteiger charge is 2.32. The molecule has 0 saturated carbocycles.